The van der Waals surface area contributed by atoms with E-state index in [1.807, 2.05) is 42.0 Å². The van der Waals surface area contributed by atoms with Gasteiger partial charge in [-0.05, 0) is 19.1 Å². The molecule has 0 radical (unpaired) electrons. The zero-order valence-corrected chi connectivity index (χ0v) is 15.0. The Kier molecular flexibility index (Phi) is 3.64. The lowest BCUT2D eigenvalue weighted by Crippen LogP contribution is -2.43. The molecular weight excluding hydrogens is 342 g/mol. The van der Waals surface area contributed by atoms with E-state index in [1.165, 1.54) is 6.07 Å². The molecule has 0 spiro atoms. The zero-order chi connectivity index (χ0) is 18.4. The smallest absolute Gasteiger partial charge is 0.258 e. The minimum Gasteiger partial charge on any atom is -0.368 e. The van der Waals surface area contributed by atoms with Gasteiger partial charge >= 0.3 is 0 Å². The first-order valence-corrected chi connectivity index (χ1v) is 8.98. The van der Waals surface area contributed by atoms with Crippen LogP contribution in [0.25, 0.3) is 22.7 Å². The SMILES string of the molecule is Cc1cn2cc(-c3cc(=O)n4cc(N5CCNCC5)ccc4n3)nc2cn1. The Bertz CT molecular complexity index is 1200. The van der Waals surface area contributed by atoms with E-state index in [-0.39, 0.29) is 5.56 Å². The number of imidazole rings is 1. The highest BCUT2D eigenvalue weighted by atomic mass is 16.1. The van der Waals surface area contributed by atoms with Gasteiger partial charge < -0.3 is 14.6 Å². The summed E-state index contributed by atoms with van der Waals surface area (Å²) in [7, 11) is 0. The molecule has 0 amide bonds. The van der Waals surface area contributed by atoms with Gasteiger partial charge in [0.2, 0.25) is 0 Å². The minimum absolute atomic E-state index is 0.113. The van der Waals surface area contributed by atoms with Crippen LogP contribution in [0, 0.1) is 6.92 Å². The van der Waals surface area contributed by atoms with Crippen LogP contribution in [0.3, 0.4) is 0 Å². The van der Waals surface area contributed by atoms with Gasteiger partial charge in [0.05, 0.1) is 23.3 Å². The molecule has 4 aromatic rings. The van der Waals surface area contributed by atoms with Crippen molar-refractivity contribution in [3.63, 3.8) is 0 Å². The second-order valence-corrected chi connectivity index (χ2v) is 6.75. The Morgan fingerprint density at radius 2 is 1.81 bits per heavy atom. The first-order chi connectivity index (χ1) is 13.2. The lowest BCUT2D eigenvalue weighted by Gasteiger charge is -2.29. The predicted molar refractivity (Wildman–Crippen MR) is 103 cm³/mol. The Morgan fingerprint density at radius 3 is 2.67 bits per heavy atom. The molecule has 0 atom stereocenters. The largest absolute Gasteiger partial charge is 0.368 e. The van der Waals surface area contributed by atoms with Crippen LogP contribution in [0.2, 0.25) is 0 Å². The number of rotatable bonds is 2. The Morgan fingerprint density at radius 1 is 1.00 bits per heavy atom. The minimum atomic E-state index is -0.113. The molecule has 0 unspecified atom stereocenters. The monoisotopic (exact) mass is 361 g/mol. The number of piperazine rings is 1. The maximum absolute atomic E-state index is 12.7. The molecule has 1 saturated heterocycles. The molecule has 0 bridgehead atoms. The molecular formula is C19H19N7O. The fourth-order valence-corrected chi connectivity index (χ4v) is 3.46. The second-order valence-electron chi connectivity index (χ2n) is 6.75. The van der Waals surface area contributed by atoms with E-state index >= 15 is 0 Å². The first kappa shape index (κ1) is 16.0. The van der Waals surface area contributed by atoms with Crippen LogP contribution in [0.5, 0.6) is 0 Å². The molecule has 1 N–H and O–H groups in total. The van der Waals surface area contributed by atoms with Crippen LogP contribution in [-0.4, -0.2) is 49.9 Å². The van der Waals surface area contributed by atoms with E-state index in [2.05, 4.69) is 25.2 Å². The van der Waals surface area contributed by atoms with Gasteiger partial charge in [0.1, 0.15) is 11.3 Å². The Balaban J connectivity index is 1.58. The summed E-state index contributed by atoms with van der Waals surface area (Å²) in [4.78, 5) is 28.4. The average molecular weight is 361 g/mol. The molecule has 1 aliphatic rings. The third kappa shape index (κ3) is 2.83. The molecule has 1 aliphatic heterocycles. The summed E-state index contributed by atoms with van der Waals surface area (Å²) in [6.07, 6.45) is 7.36. The molecule has 136 valence electrons. The molecule has 8 nitrogen and oxygen atoms in total. The Labute approximate surface area is 155 Å². The summed E-state index contributed by atoms with van der Waals surface area (Å²) in [6.45, 7) is 5.69. The van der Waals surface area contributed by atoms with E-state index in [1.54, 1.807) is 10.6 Å². The number of hydrogen-bond acceptors (Lipinski definition) is 6. The highest BCUT2D eigenvalue weighted by Crippen LogP contribution is 2.19. The van der Waals surface area contributed by atoms with Gasteiger partial charge in [-0.1, -0.05) is 0 Å². The van der Waals surface area contributed by atoms with Gasteiger partial charge in [0.15, 0.2) is 5.65 Å². The highest BCUT2D eigenvalue weighted by molar-refractivity contribution is 5.62. The summed E-state index contributed by atoms with van der Waals surface area (Å²) < 4.78 is 3.50. The fourth-order valence-electron chi connectivity index (χ4n) is 3.46. The Hall–Kier alpha value is -3.26. The van der Waals surface area contributed by atoms with Gasteiger partial charge in [-0.2, -0.15) is 0 Å². The van der Waals surface area contributed by atoms with Gasteiger partial charge in [0.25, 0.3) is 5.56 Å². The standard InChI is InChI=1S/C19H19N7O/c1-13-10-25-12-16(23-18(25)9-21-13)15-8-19(27)26-11-14(2-3-17(26)22-15)24-6-4-20-5-7-24/h2-3,8-12,20H,4-7H2,1H3. The molecule has 0 aromatic carbocycles. The number of aryl methyl sites for hydroxylation is 1. The van der Waals surface area contributed by atoms with Crippen molar-refractivity contribution in [2.24, 2.45) is 0 Å². The maximum Gasteiger partial charge on any atom is 0.258 e. The van der Waals surface area contributed by atoms with Crippen LogP contribution in [0.4, 0.5) is 5.69 Å². The molecule has 0 aliphatic carbocycles. The fraction of sp³-hybridized carbons (Fsp3) is 0.263. The number of hydrogen-bond donors (Lipinski definition) is 1. The summed E-state index contributed by atoms with van der Waals surface area (Å²) in [6, 6.07) is 5.45. The molecule has 27 heavy (non-hydrogen) atoms. The van der Waals surface area contributed by atoms with Gasteiger partial charge in [-0.15, -0.1) is 0 Å². The number of fused-ring (bicyclic) bond motifs is 2. The van der Waals surface area contributed by atoms with Gasteiger partial charge in [-0.3, -0.25) is 14.2 Å². The summed E-state index contributed by atoms with van der Waals surface area (Å²) in [5, 5.41) is 3.34. The molecule has 5 rings (SSSR count). The topological polar surface area (TPSA) is 79.8 Å². The molecule has 5 heterocycles. The second kappa shape index (κ2) is 6.17. The van der Waals surface area contributed by atoms with Crippen molar-refractivity contribution in [1.82, 2.24) is 29.1 Å². The number of nitrogens with zero attached hydrogens (tertiary/aromatic N) is 6. The van der Waals surface area contributed by atoms with Crippen LogP contribution in [-0.2, 0) is 0 Å². The predicted octanol–water partition coefficient (Wildman–Crippen LogP) is 1.12. The number of nitrogens with one attached hydrogen (secondary N) is 1. The number of aromatic nitrogens is 5. The van der Waals surface area contributed by atoms with Crippen LogP contribution in [0.1, 0.15) is 5.69 Å². The highest BCUT2D eigenvalue weighted by Gasteiger charge is 2.13. The van der Waals surface area contributed by atoms with Gasteiger partial charge in [0, 0.05) is 50.8 Å². The van der Waals surface area contributed by atoms with Crippen LogP contribution >= 0.6 is 0 Å². The molecule has 0 saturated carbocycles. The lowest BCUT2D eigenvalue weighted by atomic mass is 10.3. The maximum atomic E-state index is 12.7. The van der Waals surface area contributed by atoms with E-state index in [4.69, 9.17) is 0 Å². The van der Waals surface area contributed by atoms with Crippen molar-refractivity contribution < 1.29 is 0 Å². The van der Waals surface area contributed by atoms with Crippen molar-refractivity contribution in [2.75, 3.05) is 31.1 Å². The average Bonchev–Trinajstić information content (AvgIpc) is 3.11. The van der Waals surface area contributed by atoms with Crippen molar-refractivity contribution in [3.05, 3.63) is 59.0 Å². The van der Waals surface area contributed by atoms with Crippen LogP contribution in [0.15, 0.2) is 47.8 Å². The molecule has 4 aromatic heterocycles. The summed E-state index contributed by atoms with van der Waals surface area (Å²) in [5.41, 5.74) is 4.39. The summed E-state index contributed by atoms with van der Waals surface area (Å²) >= 11 is 0. The van der Waals surface area contributed by atoms with Crippen molar-refractivity contribution in [2.45, 2.75) is 6.92 Å². The zero-order valence-electron chi connectivity index (χ0n) is 15.0. The van der Waals surface area contributed by atoms with Crippen molar-refractivity contribution >= 4 is 17.0 Å². The molecule has 8 heteroatoms. The third-order valence-electron chi connectivity index (χ3n) is 4.86. The first-order valence-electron chi connectivity index (χ1n) is 8.98. The van der Waals surface area contributed by atoms with Crippen molar-refractivity contribution in [3.8, 4) is 11.4 Å². The van der Waals surface area contributed by atoms with E-state index in [0.29, 0.717) is 17.0 Å². The van der Waals surface area contributed by atoms with Crippen molar-refractivity contribution in [1.29, 1.82) is 0 Å². The lowest BCUT2D eigenvalue weighted by molar-refractivity contribution is 0.588. The van der Waals surface area contributed by atoms with E-state index < -0.39 is 0 Å². The number of pyridine rings is 1. The molecule has 1 fully saturated rings. The summed E-state index contributed by atoms with van der Waals surface area (Å²) in [5.74, 6) is 0. The number of anilines is 1. The normalized spacial score (nSPS) is 14.9. The third-order valence-corrected chi connectivity index (χ3v) is 4.86. The van der Waals surface area contributed by atoms with Crippen LogP contribution < -0.4 is 15.8 Å². The quantitative estimate of drug-likeness (QED) is 0.576. The van der Waals surface area contributed by atoms with E-state index in [9.17, 15) is 4.79 Å². The van der Waals surface area contributed by atoms with Gasteiger partial charge in [-0.25, -0.2) is 9.97 Å². The van der Waals surface area contributed by atoms with E-state index in [0.717, 1.165) is 43.2 Å².